The molecule has 1 heteroatoms. The fourth-order valence-corrected chi connectivity index (χ4v) is 3.47. The Morgan fingerprint density at radius 1 is 0.682 bits per heavy atom. The van der Waals surface area contributed by atoms with E-state index in [1.165, 1.54) is 107 Å². The van der Waals surface area contributed by atoms with E-state index in [4.69, 9.17) is 0 Å². The van der Waals surface area contributed by atoms with E-state index in [-0.39, 0.29) is 0 Å². The number of likely N-dealkylation sites (N-methyl/N-ethyl adjacent to an activating group) is 1. The summed E-state index contributed by atoms with van der Waals surface area (Å²) in [5.74, 6) is 0. The third-order valence-corrected chi connectivity index (χ3v) is 4.75. The van der Waals surface area contributed by atoms with Gasteiger partial charge in [0.15, 0.2) is 0 Å². The third kappa shape index (κ3) is 13.4. The van der Waals surface area contributed by atoms with Crippen molar-refractivity contribution in [3.8, 4) is 0 Å². The maximum absolute atomic E-state index is 4.16. The number of quaternary nitrogens is 1. The second-order valence-corrected chi connectivity index (χ2v) is 7.72. The predicted octanol–water partition coefficient (Wildman–Crippen LogP) is 6.73. The second-order valence-electron chi connectivity index (χ2n) is 7.72. The standard InChI is InChI=1S/C21H44N/c1-6-8-10-12-14-16-18-22(5,20-21(3)4)19-17-15-13-11-9-7-2/h3,6-20H2,1-2,4-5H3/q+1. The van der Waals surface area contributed by atoms with Gasteiger partial charge in [-0.2, -0.15) is 0 Å². The zero-order valence-electron chi connectivity index (χ0n) is 16.3. The molecule has 0 atom stereocenters. The van der Waals surface area contributed by atoms with Gasteiger partial charge in [-0.25, -0.2) is 0 Å². The first-order valence-corrected chi connectivity index (χ1v) is 10.0. The van der Waals surface area contributed by atoms with Gasteiger partial charge in [0.25, 0.3) is 0 Å². The summed E-state index contributed by atoms with van der Waals surface area (Å²) in [4.78, 5) is 0. The first-order chi connectivity index (χ1) is 10.5. The molecule has 0 aromatic rings. The fourth-order valence-electron chi connectivity index (χ4n) is 3.47. The molecule has 0 fully saturated rings. The smallest absolute Gasteiger partial charge is 0.0995 e. The van der Waals surface area contributed by atoms with Gasteiger partial charge in [0.05, 0.1) is 26.7 Å². The molecule has 0 N–H and O–H groups in total. The third-order valence-electron chi connectivity index (χ3n) is 4.75. The van der Waals surface area contributed by atoms with Crippen molar-refractivity contribution in [2.24, 2.45) is 0 Å². The molecule has 0 aliphatic heterocycles. The Balaban J connectivity index is 3.93. The van der Waals surface area contributed by atoms with Gasteiger partial charge in [0, 0.05) is 0 Å². The molecule has 0 saturated heterocycles. The lowest BCUT2D eigenvalue weighted by atomic mass is 10.1. The minimum atomic E-state index is 1.17. The van der Waals surface area contributed by atoms with Crippen molar-refractivity contribution < 1.29 is 4.48 Å². The molecule has 0 aliphatic rings. The van der Waals surface area contributed by atoms with Crippen LogP contribution in [0.2, 0.25) is 0 Å². The van der Waals surface area contributed by atoms with Gasteiger partial charge in [0.2, 0.25) is 0 Å². The van der Waals surface area contributed by atoms with Crippen LogP contribution in [0.3, 0.4) is 0 Å². The van der Waals surface area contributed by atoms with E-state index in [0.717, 1.165) is 0 Å². The molecule has 0 rings (SSSR count). The summed E-state index contributed by atoms with van der Waals surface area (Å²) in [5, 5.41) is 0. The maximum Gasteiger partial charge on any atom is 0.0995 e. The van der Waals surface area contributed by atoms with Crippen molar-refractivity contribution in [3.05, 3.63) is 12.2 Å². The number of unbranched alkanes of at least 4 members (excludes halogenated alkanes) is 10. The molecule has 0 unspecified atom stereocenters. The molecule has 0 bridgehead atoms. The van der Waals surface area contributed by atoms with Crippen molar-refractivity contribution in [2.75, 3.05) is 26.7 Å². The molecule has 1 nitrogen and oxygen atoms in total. The van der Waals surface area contributed by atoms with Crippen molar-refractivity contribution in [1.82, 2.24) is 0 Å². The zero-order chi connectivity index (χ0) is 16.7. The van der Waals surface area contributed by atoms with E-state index in [1.54, 1.807) is 0 Å². The lowest BCUT2D eigenvalue weighted by Crippen LogP contribution is -2.46. The summed E-state index contributed by atoms with van der Waals surface area (Å²) >= 11 is 0. The fraction of sp³-hybridized carbons (Fsp3) is 0.905. The van der Waals surface area contributed by atoms with E-state index in [2.05, 4.69) is 34.4 Å². The summed E-state index contributed by atoms with van der Waals surface area (Å²) in [5.41, 5.74) is 1.35. The van der Waals surface area contributed by atoms with Crippen LogP contribution in [0.5, 0.6) is 0 Å². The van der Waals surface area contributed by atoms with Gasteiger partial charge in [-0.15, -0.1) is 0 Å². The van der Waals surface area contributed by atoms with E-state index in [1.807, 2.05) is 0 Å². The quantitative estimate of drug-likeness (QED) is 0.168. The highest BCUT2D eigenvalue weighted by molar-refractivity contribution is 4.87. The van der Waals surface area contributed by atoms with Crippen LogP contribution >= 0.6 is 0 Å². The molecule has 22 heavy (non-hydrogen) atoms. The molecular weight excluding hydrogens is 266 g/mol. The number of hydrogen-bond donors (Lipinski definition) is 0. The van der Waals surface area contributed by atoms with Crippen LogP contribution in [0.4, 0.5) is 0 Å². The van der Waals surface area contributed by atoms with Gasteiger partial charge in [-0.1, -0.05) is 71.8 Å². The topological polar surface area (TPSA) is 0 Å². The monoisotopic (exact) mass is 310 g/mol. The Bertz CT molecular complexity index is 241. The van der Waals surface area contributed by atoms with Gasteiger partial charge in [-0.3, -0.25) is 0 Å². The van der Waals surface area contributed by atoms with E-state index < -0.39 is 0 Å². The van der Waals surface area contributed by atoms with Crippen LogP contribution in [-0.2, 0) is 0 Å². The molecule has 0 radical (unpaired) electrons. The SMILES string of the molecule is C=C(C)C[N+](C)(CCCCCCCC)CCCCCCCC. The molecule has 0 aromatic heterocycles. The van der Waals surface area contributed by atoms with Crippen molar-refractivity contribution in [1.29, 1.82) is 0 Å². The lowest BCUT2D eigenvalue weighted by Gasteiger charge is -2.35. The van der Waals surface area contributed by atoms with Crippen LogP contribution in [-0.4, -0.2) is 31.2 Å². The van der Waals surface area contributed by atoms with Crippen molar-refractivity contribution >= 4 is 0 Å². The lowest BCUT2D eigenvalue weighted by molar-refractivity contribution is -0.905. The Hall–Kier alpha value is -0.300. The molecule has 0 amide bonds. The highest BCUT2D eigenvalue weighted by atomic mass is 15.3. The van der Waals surface area contributed by atoms with Crippen LogP contribution in [0.1, 0.15) is 97.8 Å². The van der Waals surface area contributed by atoms with Crippen LogP contribution in [0, 0.1) is 0 Å². The molecule has 0 aliphatic carbocycles. The van der Waals surface area contributed by atoms with Crippen molar-refractivity contribution in [2.45, 2.75) is 97.8 Å². The first-order valence-electron chi connectivity index (χ1n) is 10.0. The molecule has 132 valence electrons. The molecule has 0 aromatic carbocycles. The van der Waals surface area contributed by atoms with Gasteiger partial charge in [0.1, 0.15) is 0 Å². The summed E-state index contributed by atoms with van der Waals surface area (Å²) in [6.07, 6.45) is 16.9. The van der Waals surface area contributed by atoms with Crippen molar-refractivity contribution in [3.63, 3.8) is 0 Å². The molecule has 0 spiro atoms. The summed E-state index contributed by atoms with van der Waals surface area (Å²) in [7, 11) is 2.45. The average molecular weight is 311 g/mol. The summed E-state index contributed by atoms with van der Waals surface area (Å²) in [6.45, 7) is 14.8. The molecule has 0 saturated carbocycles. The van der Waals surface area contributed by atoms with Gasteiger partial charge < -0.3 is 4.48 Å². The summed E-state index contributed by atoms with van der Waals surface area (Å²) in [6, 6.07) is 0. The Kier molecular flexibility index (Phi) is 14.1. The molecular formula is C21H44N+. The number of rotatable bonds is 16. The number of nitrogens with zero attached hydrogens (tertiary/aromatic N) is 1. The molecule has 0 heterocycles. The van der Waals surface area contributed by atoms with E-state index >= 15 is 0 Å². The Morgan fingerprint density at radius 3 is 1.41 bits per heavy atom. The predicted molar refractivity (Wildman–Crippen MR) is 102 cm³/mol. The highest BCUT2D eigenvalue weighted by Gasteiger charge is 2.20. The summed E-state index contributed by atoms with van der Waals surface area (Å²) < 4.78 is 1.22. The second kappa shape index (κ2) is 14.3. The first kappa shape index (κ1) is 21.7. The zero-order valence-corrected chi connectivity index (χ0v) is 16.3. The Morgan fingerprint density at radius 2 is 1.05 bits per heavy atom. The van der Waals surface area contributed by atoms with Gasteiger partial charge >= 0.3 is 0 Å². The maximum atomic E-state index is 4.16. The minimum Gasteiger partial charge on any atom is -0.323 e. The average Bonchev–Trinajstić information content (AvgIpc) is 2.46. The number of hydrogen-bond acceptors (Lipinski definition) is 0. The largest absolute Gasteiger partial charge is 0.323 e. The van der Waals surface area contributed by atoms with E-state index in [0.29, 0.717) is 0 Å². The van der Waals surface area contributed by atoms with Gasteiger partial charge in [-0.05, 0) is 38.2 Å². The van der Waals surface area contributed by atoms with Crippen LogP contribution in [0.15, 0.2) is 12.2 Å². The normalized spacial score (nSPS) is 11.8. The van der Waals surface area contributed by atoms with Crippen LogP contribution in [0.25, 0.3) is 0 Å². The van der Waals surface area contributed by atoms with E-state index in [9.17, 15) is 0 Å². The Labute approximate surface area is 141 Å². The minimum absolute atomic E-state index is 1.17. The van der Waals surface area contributed by atoms with Crippen LogP contribution < -0.4 is 0 Å². The highest BCUT2D eigenvalue weighted by Crippen LogP contribution is 2.15.